The van der Waals surface area contributed by atoms with Gasteiger partial charge >= 0.3 is 0 Å². The Morgan fingerprint density at radius 1 is 0.371 bits per heavy atom. The van der Waals surface area contributed by atoms with Crippen LogP contribution in [-0.4, -0.2) is 4.57 Å². The maximum Gasteiger partial charge on any atom is 0.137 e. The van der Waals surface area contributed by atoms with Crippen molar-refractivity contribution in [1.82, 2.24) is 4.57 Å². The molecule has 0 amide bonds. The number of hydrogen-bond donors (Lipinski definition) is 0. The molecule has 0 unspecified atom stereocenters. The highest BCUT2D eigenvalue weighted by molar-refractivity contribution is 6.20. The molecule has 3 heteroatoms. The Balaban J connectivity index is 1.12. The van der Waals surface area contributed by atoms with Gasteiger partial charge in [0.25, 0.3) is 0 Å². The number of furan rings is 1. The highest BCUT2D eigenvalue weighted by Crippen LogP contribution is 2.45. The fourth-order valence-electron chi connectivity index (χ4n) is 9.62. The van der Waals surface area contributed by atoms with Crippen LogP contribution >= 0.6 is 0 Å². The van der Waals surface area contributed by atoms with Gasteiger partial charge in [0.15, 0.2) is 0 Å². The number of fused-ring (bicyclic) bond motifs is 8. The topological polar surface area (TPSA) is 21.3 Å². The molecule has 0 aliphatic carbocycles. The van der Waals surface area contributed by atoms with Crippen molar-refractivity contribution in [3.63, 3.8) is 0 Å². The molecule has 0 saturated carbocycles. The number of para-hydroxylation sites is 3. The van der Waals surface area contributed by atoms with Crippen LogP contribution in [0.3, 0.4) is 0 Å². The van der Waals surface area contributed by atoms with Crippen molar-refractivity contribution in [1.29, 1.82) is 0 Å². The summed E-state index contributed by atoms with van der Waals surface area (Å²) in [5, 5.41) is 7.18. The normalized spacial score (nSPS) is 11.6. The molecule has 0 radical (unpaired) electrons. The van der Waals surface area contributed by atoms with E-state index in [0.29, 0.717) is 6.42 Å². The first-order chi connectivity index (χ1) is 30.7. The predicted octanol–water partition coefficient (Wildman–Crippen LogP) is 16.2. The summed E-state index contributed by atoms with van der Waals surface area (Å²) in [4.78, 5) is 2.39. The lowest BCUT2D eigenvalue weighted by atomic mass is 9.95. The third-order valence-corrected chi connectivity index (χ3v) is 12.4. The highest BCUT2D eigenvalue weighted by Gasteiger charge is 2.23. The van der Waals surface area contributed by atoms with Crippen LogP contribution in [-0.2, 0) is 6.42 Å². The van der Waals surface area contributed by atoms with Crippen molar-refractivity contribution in [2.45, 2.75) is 6.42 Å². The van der Waals surface area contributed by atoms with Crippen LogP contribution < -0.4 is 4.90 Å². The largest absolute Gasteiger partial charge is 0.456 e. The van der Waals surface area contributed by atoms with Gasteiger partial charge in [-0.15, -0.1) is 0 Å². The zero-order valence-electron chi connectivity index (χ0n) is 33.9. The van der Waals surface area contributed by atoms with E-state index in [0.717, 1.165) is 50.3 Å². The van der Waals surface area contributed by atoms with Gasteiger partial charge in [-0.3, -0.25) is 0 Å². The molecule has 10 aromatic carbocycles. The molecule has 0 fully saturated rings. The van der Waals surface area contributed by atoms with Crippen LogP contribution in [0.2, 0.25) is 0 Å². The Morgan fingerprint density at radius 2 is 1.00 bits per heavy atom. The molecule has 2 aromatic heterocycles. The van der Waals surface area contributed by atoms with E-state index in [1.807, 2.05) is 0 Å². The number of rotatable bonds is 8. The summed E-state index contributed by atoms with van der Waals surface area (Å²) in [6.07, 6.45) is 0.688. The van der Waals surface area contributed by atoms with Crippen molar-refractivity contribution in [3.05, 3.63) is 242 Å². The van der Waals surface area contributed by atoms with Crippen molar-refractivity contribution in [2.24, 2.45) is 0 Å². The van der Waals surface area contributed by atoms with Gasteiger partial charge in [0.05, 0.1) is 16.7 Å². The van der Waals surface area contributed by atoms with E-state index < -0.39 is 0 Å². The number of aromatic nitrogens is 1. The standard InChI is InChI=1S/C59H40N2O/c1-4-16-40(17-5-1)42-30-33-48(34-31-42)60(49-25-14-21-44(37-49)41-18-6-2-7-19-41)50-38-46(57-56(39-50)62-55-35-32-43-20-10-11-26-51(43)58(55)57)36-45-22-15-28-53-52-27-12-13-29-54(52)61(59(45)53)47-23-8-3-9-24-47/h1-35,37-39H,36H2. The third-order valence-electron chi connectivity index (χ3n) is 12.4. The first-order valence-corrected chi connectivity index (χ1v) is 21.3. The summed E-state index contributed by atoms with van der Waals surface area (Å²) >= 11 is 0. The van der Waals surface area contributed by atoms with Gasteiger partial charge in [-0.1, -0.05) is 170 Å². The molecular formula is C59H40N2O. The molecule has 0 saturated heterocycles. The summed E-state index contributed by atoms with van der Waals surface area (Å²) < 4.78 is 9.41. The van der Waals surface area contributed by atoms with Crippen molar-refractivity contribution < 1.29 is 4.42 Å². The number of benzene rings is 10. The Labute approximate surface area is 360 Å². The smallest absolute Gasteiger partial charge is 0.137 e. The van der Waals surface area contributed by atoms with E-state index in [-0.39, 0.29) is 0 Å². The third kappa shape index (κ3) is 6.05. The van der Waals surface area contributed by atoms with Gasteiger partial charge in [-0.05, 0) is 98.8 Å². The zero-order valence-corrected chi connectivity index (χ0v) is 33.9. The minimum Gasteiger partial charge on any atom is -0.456 e. The maximum absolute atomic E-state index is 6.97. The molecule has 0 N–H and O–H groups in total. The molecule has 2 heterocycles. The first kappa shape index (κ1) is 35.8. The molecule has 0 aliphatic heterocycles. The van der Waals surface area contributed by atoms with Crippen LogP contribution in [0, 0.1) is 0 Å². The summed E-state index contributed by atoms with van der Waals surface area (Å²) in [7, 11) is 0. The summed E-state index contributed by atoms with van der Waals surface area (Å²) in [6.45, 7) is 0. The molecule has 3 nitrogen and oxygen atoms in total. The number of nitrogens with zero attached hydrogens (tertiary/aromatic N) is 2. The minimum atomic E-state index is 0.688. The first-order valence-electron chi connectivity index (χ1n) is 21.3. The zero-order chi connectivity index (χ0) is 41.0. The lowest BCUT2D eigenvalue weighted by molar-refractivity contribution is 0.669. The number of hydrogen-bond acceptors (Lipinski definition) is 2. The van der Waals surface area contributed by atoms with Crippen molar-refractivity contribution >= 4 is 71.6 Å². The molecular weight excluding hydrogens is 753 g/mol. The van der Waals surface area contributed by atoms with Gasteiger partial charge in [0.1, 0.15) is 11.2 Å². The van der Waals surface area contributed by atoms with Crippen molar-refractivity contribution in [2.75, 3.05) is 4.90 Å². The summed E-state index contributed by atoms with van der Waals surface area (Å²) in [6, 6.07) is 83.0. The lowest BCUT2D eigenvalue weighted by Gasteiger charge is -2.27. The molecule has 292 valence electrons. The molecule has 12 aromatic rings. The van der Waals surface area contributed by atoms with E-state index in [9.17, 15) is 0 Å². The average Bonchev–Trinajstić information content (AvgIpc) is 3.90. The van der Waals surface area contributed by atoms with E-state index in [4.69, 9.17) is 4.42 Å². The number of anilines is 3. The van der Waals surface area contributed by atoms with E-state index in [1.54, 1.807) is 0 Å². The Morgan fingerprint density at radius 3 is 1.79 bits per heavy atom. The molecule has 0 spiro atoms. The second kappa shape index (κ2) is 14.8. The van der Waals surface area contributed by atoms with Crippen LogP contribution in [0.5, 0.6) is 0 Å². The van der Waals surface area contributed by atoms with E-state index in [2.05, 4.69) is 240 Å². The Bertz CT molecular complexity index is 3590. The van der Waals surface area contributed by atoms with Gasteiger partial charge in [-0.2, -0.15) is 0 Å². The molecule has 12 rings (SSSR count). The maximum atomic E-state index is 6.97. The van der Waals surface area contributed by atoms with Gasteiger partial charge in [0.2, 0.25) is 0 Å². The second-order valence-electron chi connectivity index (χ2n) is 16.1. The quantitative estimate of drug-likeness (QED) is 0.153. The summed E-state index contributed by atoms with van der Waals surface area (Å²) in [5.41, 5.74) is 15.6. The van der Waals surface area contributed by atoms with E-state index in [1.165, 1.54) is 60.4 Å². The van der Waals surface area contributed by atoms with Crippen molar-refractivity contribution in [3.8, 4) is 27.9 Å². The molecule has 0 aliphatic rings. The average molecular weight is 793 g/mol. The van der Waals surface area contributed by atoms with Crippen LogP contribution in [0.25, 0.3) is 82.5 Å². The monoisotopic (exact) mass is 792 g/mol. The Kier molecular flexibility index (Phi) is 8.57. The van der Waals surface area contributed by atoms with Gasteiger partial charge < -0.3 is 13.9 Å². The molecule has 62 heavy (non-hydrogen) atoms. The summed E-state index contributed by atoms with van der Waals surface area (Å²) in [5.74, 6) is 0. The SMILES string of the molecule is c1ccc(-c2ccc(N(c3cccc(-c4ccccc4)c3)c3cc(Cc4cccc5c6ccccc6n(-c6ccccc6)c45)c4c(c3)oc3ccc5ccccc5c34)cc2)cc1. The van der Waals surface area contributed by atoms with Gasteiger partial charge in [-0.25, -0.2) is 0 Å². The second-order valence-corrected chi connectivity index (χ2v) is 16.1. The molecule has 0 atom stereocenters. The van der Waals surface area contributed by atoms with Crippen LogP contribution in [0.1, 0.15) is 11.1 Å². The van der Waals surface area contributed by atoms with Crippen LogP contribution in [0.4, 0.5) is 17.1 Å². The van der Waals surface area contributed by atoms with Gasteiger partial charge in [0, 0.05) is 51.1 Å². The molecule has 0 bridgehead atoms. The minimum absolute atomic E-state index is 0.688. The fraction of sp³-hybridized carbons (Fsp3) is 0.0169. The predicted molar refractivity (Wildman–Crippen MR) is 260 cm³/mol. The fourth-order valence-corrected chi connectivity index (χ4v) is 9.62. The lowest BCUT2D eigenvalue weighted by Crippen LogP contribution is -2.11. The highest BCUT2D eigenvalue weighted by atomic mass is 16.3. The van der Waals surface area contributed by atoms with Crippen LogP contribution in [0.15, 0.2) is 235 Å². The Hall–Kier alpha value is -8.14. The van der Waals surface area contributed by atoms with E-state index >= 15 is 0 Å².